The third kappa shape index (κ3) is 2.84. The molecule has 112 valence electrons. The highest BCUT2D eigenvalue weighted by Crippen LogP contribution is 2.20. The first-order valence-electron chi connectivity index (χ1n) is 7.05. The number of likely N-dealkylation sites (tertiary alicyclic amines) is 1. The second-order valence-corrected chi connectivity index (χ2v) is 5.89. The number of fused-ring (bicyclic) bond motifs is 1. The molecule has 0 saturated carbocycles. The maximum absolute atomic E-state index is 12.0. The summed E-state index contributed by atoms with van der Waals surface area (Å²) in [6.45, 7) is 3.54. The van der Waals surface area contributed by atoms with Crippen LogP contribution in [0, 0.1) is 0 Å². The maximum atomic E-state index is 12.0. The molecule has 0 amide bonds. The second kappa shape index (κ2) is 5.95. The molecule has 1 saturated heterocycles. The molecular weight excluding hydrogens is 290 g/mol. The first-order chi connectivity index (χ1) is 10.2. The number of rotatable bonds is 4. The summed E-state index contributed by atoms with van der Waals surface area (Å²) >= 11 is 1.43. The van der Waals surface area contributed by atoms with Gasteiger partial charge in [0, 0.05) is 24.2 Å². The number of nitrogens with zero attached hydrogens (tertiary/aromatic N) is 3. The Morgan fingerprint density at radius 3 is 3.24 bits per heavy atom. The Labute approximate surface area is 126 Å². The van der Waals surface area contributed by atoms with Crippen LogP contribution in [0.1, 0.15) is 25.5 Å². The van der Waals surface area contributed by atoms with Crippen LogP contribution in [0.2, 0.25) is 0 Å². The van der Waals surface area contributed by atoms with Crippen LogP contribution >= 0.6 is 11.3 Å². The van der Waals surface area contributed by atoms with Crippen molar-refractivity contribution in [3.05, 3.63) is 33.7 Å². The number of carbonyl (C=O) groups excluding carboxylic acids is 1. The summed E-state index contributed by atoms with van der Waals surface area (Å²) in [6.07, 6.45) is 3.49. The van der Waals surface area contributed by atoms with Crippen molar-refractivity contribution in [3.8, 4) is 0 Å². The fourth-order valence-corrected chi connectivity index (χ4v) is 3.44. The van der Waals surface area contributed by atoms with Gasteiger partial charge in [-0.1, -0.05) is 0 Å². The highest BCUT2D eigenvalue weighted by molar-refractivity contribution is 7.15. The van der Waals surface area contributed by atoms with Crippen LogP contribution in [-0.2, 0) is 16.1 Å². The number of thiazole rings is 1. The normalized spacial score (nSPS) is 19.2. The Balaban J connectivity index is 1.80. The Morgan fingerprint density at radius 1 is 1.57 bits per heavy atom. The maximum Gasteiger partial charge on any atom is 0.323 e. The van der Waals surface area contributed by atoms with Gasteiger partial charge in [-0.25, -0.2) is 4.98 Å². The predicted octanol–water partition coefficient (Wildman–Crippen LogP) is 1.28. The molecule has 0 aromatic carbocycles. The van der Waals surface area contributed by atoms with E-state index in [1.165, 1.54) is 15.7 Å². The predicted molar refractivity (Wildman–Crippen MR) is 79.4 cm³/mol. The minimum atomic E-state index is -0.214. The van der Waals surface area contributed by atoms with E-state index in [-0.39, 0.29) is 17.6 Å². The molecule has 2 aromatic heterocycles. The Bertz CT molecular complexity index is 709. The molecule has 7 heteroatoms. The molecule has 1 unspecified atom stereocenters. The highest BCUT2D eigenvalue weighted by Gasteiger charge is 2.32. The number of hydrogen-bond acceptors (Lipinski definition) is 6. The van der Waals surface area contributed by atoms with Gasteiger partial charge in [-0.15, -0.1) is 11.3 Å². The fourth-order valence-electron chi connectivity index (χ4n) is 2.70. The van der Waals surface area contributed by atoms with Crippen molar-refractivity contribution >= 4 is 22.3 Å². The van der Waals surface area contributed by atoms with Gasteiger partial charge in [0.2, 0.25) is 0 Å². The van der Waals surface area contributed by atoms with E-state index in [9.17, 15) is 9.59 Å². The monoisotopic (exact) mass is 307 g/mol. The quantitative estimate of drug-likeness (QED) is 0.796. The summed E-state index contributed by atoms with van der Waals surface area (Å²) in [5.41, 5.74) is 0.627. The average molecular weight is 307 g/mol. The van der Waals surface area contributed by atoms with E-state index < -0.39 is 0 Å². The van der Waals surface area contributed by atoms with Gasteiger partial charge in [0.05, 0.1) is 12.3 Å². The van der Waals surface area contributed by atoms with Crippen LogP contribution in [0.15, 0.2) is 22.4 Å². The zero-order valence-electron chi connectivity index (χ0n) is 11.8. The molecule has 1 atom stereocenters. The molecule has 0 aliphatic carbocycles. The zero-order chi connectivity index (χ0) is 14.8. The number of aromatic nitrogens is 2. The van der Waals surface area contributed by atoms with E-state index in [1.807, 2.05) is 17.2 Å². The van der Waals surface area contributed by atoms with Crippen LogP contribution in [0.25, 0.3) is 4.96 Å². The molecular formula is C14H17N3O3S. The third-order valence-electron chi connectivity index (χ3n) is 3.64. The minimum absolute atomic E-state index is 0.0804. The summed E-state index contributed by atoms with van der Waals surface area (Å²) in [6, 6.07) is 1.33. The summed E-state index contributed by atoms with van der Waals surface area (Å²) in [7, 11) is 0. The molecule has 0 spiro atoms. The molecule has 3 heterocycles. The lowest BCUT2D eigenvalue weighted by molar-refractivity contribution is -0.148. The van der Waals surface area contributed by atoms with Crippen LogP contribution in [0.4, 0.5) is 0 Å². The molecule has 6 nitrogen and oxygen atoms in total. The van der Waals surface area contributed by atoms with E-state index in [2.05, 4.69) is 4.98 Å². The second-order valence-electron chi connectivity index (χ2n) is 5.02. The summed E-state index contributed by atoms with van der Waals surface area (Å²) in [5.74, 6) is -0.177. The van der Waals surface area contributed by atoms with Crippen molar-refractivity contribution in [2.24, 2.45) is 0 Å². The van der Waals surface area contributed by atoms with Gasteiger partial charge >= 0.3 is 5.97 Å². The van der Waals surface area contributed by atoms with Gasteiger partial charge in [-0.05, 0) is 26.3 Å². The standard InChI is InChI=1S/C14H17N3O3S/c1-2-20-13(19)11-4-3-5-16(11)9-10-8-12(18)17-6-7-21-14(17)15-10/h6-8,11H,2-5,9H2,1H3. The summed E-state index contributed by atoms with van der Waals surface area (Å²) in [4.78, 5) is 31.1. The lowest BCUT2D eigenvalue weighted by Gasteiger charge is -2.22. The van der Waals surface area contributed by atoms with Crippen LogP contribution in [-0.4, -0.2) is 39.4 Å². The van der Waals surface area contributed by atoms with Crippen molar-refractivity contribution in [2.45, 2.75) is 32.4 Å². The molecule has 0 radical (unpaired) electrons. The van der Waals surface area contributed by atoms with E-state index in [4.69, 9.17) is 4.74 Å². The summed E-state index contributed by atoms with van der Waals surface area (Å²) in [5, 5.41) is 1.84. The van der Waals surface area contributed by atoms with Gasteiger partial charge in [0.1, 0.15) is 6.04 Å². The first kappa shape index (κ1) is 14.2. The smallest absolute Gasteiger partial charge is 0.323 e. The fraction of sp³-hybridized carbons (Fsp3) is 0.500. The molecule has 1 fully saturated rings. The summed E-state index contributed by atoms with van der Waals surface area (Å²) < 4.78 is 6.64. The van der Waals surface area contributed by atoms with Crippen LogP contribution in [0.3, 0.4) is 0 Å². The van der Waals surface area contributed by atoms with E-state index in [0.29, 0.717) is 23.8 Å². The minimum Gasteiger partial charge on any atom is -0.465 e. The zero-order valence-corrected chi connectivity index (χ0v) is 12.6. The van der Waals surface area contributed by atoms with Gasteiger partial charge in [0.15, 0.2) is 4.96 Å². The van der Waals surface area contributed by atoms with Gasteiger partial charge < -0.3 is 4.74 Å². The van der Waals surface area contributed by atoms with E-state index in [1.54, 1.807) is 12.3 Å². The largest absolute Gasteiger partial charge is 0.465 e. The number of esters is 1. The van der Waals surface area contributed by atoms with Gasteiger partial charge in [-0.2, -0.15) is 0 Å². The molecule has 2 aromatic rings. The molecule has 0 N–H and O–H groups in total. The number of carbonyl (C=O) groups is 1. The highest BCUT2D eigenvalue weighted by atomic mass is 32.1. The molecule has 1 aliphatic heterocycles. The molecule has 1 aliphatic rings. The van der Waals surface area contributed by atoms with Crippen molar-refractivity contribution in [3.63, 3.8) is 0 Å². The van der Waals surface area contributed by atoms with Crippen molar-refractivity contribution in [2.75, 3.05) is 13.2 Å². The third-order valence-corrected chi connectivity index (χ3v) is 4.40. The average Bonchev–Trinajstić information content (AvgIpc) is 3.08. The molecule has 21 heavy (non-hydrogen) atoms. The van der Waals surface area contributed by atoms with Crippen LogP contribution in [0.5, 0.6) is 0 Å². The topological polar surface area (TPSA) is 63.9 Å². The number of hydrogen-bond donors (Lipinski definition) is 0. The van der Waals surface area contributed by atoms with E-state index in [0.717, 1.165) is 19.4 Å². The Morgan fingerprint density at radius 2 is 2.43 bits per heavy atom. The van der Waals surface area contributed by atoms with Gasteiger partial charge in [-0.3, -0.25) is 18.9 Å². The lowest BCUT2D eigenvalue weighted by atomic mass is 10.2. The Kier molecular flexibility index (Phi) is 4.03. The van der Waals surface area contributed by atoms with Crippen molar-refractivity contribution in [1.82, 2.24) is 14.3 Å². The van der Waals surface area contributed by atoms with Crippen molar-refractivity contribution < 1.29 is 9.53 Å². The van der Waals surface area contributed by atoms with Crippen molar-refractivity contribution in [1.29, 1.82) is 0 Å². The van der Waals surface area contributed by atoms with E-state index >= 15 is 0 Å². The first-order valence-corrected chi connectivity index (χ1v) is 7.93. The van der Waals surface area contributed by atoms with Crippen LogP contribution < -0.4 is 5.56 Å². The molecule has 0 bridgehead atoms. The Hall–Kier alpha value is -1.73. The lowest BCUT2D eigenvalue weighted by Crippen LogP contribution is -2.37. The number of ether oxygens (including phenoxy) is 1. The SMILES string of the molecule is CCOC(=O)C1CCCN1Cc1cc(=O)n2ccsc2n1. The van der Waals surface area contributed by atoms with Gasteiger partial charge in [0.25, 0.3) is 5.56 Å². The molecule has 3 rings (SSSR count).